The van der Waals surface area contributed by atoms with Gasteiger partial charge < -0.3 is 18.0 Å². The Kier molecular flexibility index (Phi) is 12.2. The van der Waals surface area contributed by atoms with Crippen LogP contribution in [0.15, 0.2) is 0 Å². The smallest absolute Gasteiger partial charge is 0.382 e. The SMILES string of the molecule is CCOCCC[Si](C)(C)CC[Si](C)(C)CCC[Si](OC)(OC)OC. The second-order valence-corrected chi connectivity index (χ2v) is 22.0. The van der Waals surface area contributed by atoms with Crippen LogP contribution in [0.4, 0.5) is 0 Å². The van der Waals surface area contributed by atoms with E-state index in [-0.39, 0.29) is 0 Å². The van der Waals surface area contributed by atoms with E-state index in [0.717, 1.165) is 25.7 Å². The summed E-state index contributed by atoms with van der Waals surface area (Å²) < 4.78 is 22.1. The molecule has 0 aromatic carbocycles. The largest absolute Gasteiger partial charge is 0.500 e. The number of hydrogen-bond acceptors (Lipinski definition) is 4. The Labute approximate surface area is 154 Å². The molecule has 0 heterocycles. The Balaban J connectivity index is 4.20. The Morgan fingerprint density at radius 2 is 1.08 bits per heavy atom. The lowest BCUT2D eigenvalue weighted by Gasteiger charge is -2.30. The van der Waals surface area contributed by atoms with Crippen LogP contribution < -0.4 is 0 Å². The van der Waals surface area contributed by atoms with Crippen molar-refractivity contribution in [2.24, 2.45) is 0 Å². The molecule has 0 aliphatic carbocycles. The molecule has 0 bridgehead atoms. The summed E-state index contributed by atoms with van der Waals surface area (Å²) in [5, 5.41) is 0. The molecule has 24 heavy (non-hydrogen) atoms. The van der Waals surface area contributed by atoms with Gasteiger partial charge in [-0.15, -0.1) is 0 Å². The molecule has 0 rings (SSSR count). The van der Waals surface area contributed by atoms with Crippen LogP contribution in [-0.4, -0.2) is 59.5 Å². The standard InChI is InChI=1S/C17H42O4Si3/c1-9-21-12-10-13-22(5,6)16-17-23(7,8)14-11-15-24(18-2,19-3)20-4/h9-17H2,1-8H3. The molecular formula is C17H42O4Si3. The van der Waals surface area contributed by atoms with Gasteiger partial charge in [0, 0.05) is 56.7 Å². The van der Waals surface area contributed by atoms with E-state index in [1.165, 1.54) is 30.6 Å². The minimum Gasteiger partial charge on any atom is -0.382 e. The van der Waals surface area contributed by atoms with Gasteiger partial charge in [-0.05, 0) is 13.3 Å². The lowest BCUT2D eigenvalue weighted by atomic mass is 10.5. The average Bonchev–Trinajstić information content (AvgIpc) is 2.55. The zero-order valence-electron chi connectivity index (χ0n) is 17.5. The van der Waals surface area contributed by atoms with Gasteiger partial charge in [0.15, 0.2) is 0 Å². The molecule has 0 N–H and O–H groups in total. The van der Waals surface area contributed by atoms with E-state index in [4.69, 9.17) is 18.0 Å². The van der Waals surface area contributed by atoms with E-state index < -0.39 is 25.0 Å². The summed E-state index contributed by atoms with van der Waals surface area (Å²) in [4.78, 5) is 0. The second kappa shape index (κ2) is 12.0. The fourth-order valence-electron chi connectivity index (χ4n) is 3.06. The van der Waals surface area contributed by atoms with E-state index in [1.54, 1.807) is 21.3 Å². The van der Waals surface area contributed by atoms with Crippen molar-refractivity contribution in [2.45, 2.75) is 76.2 Å². The summed E-state index contributed by atoms with van der Waals surface area (Å²) in [5.74, 6) is 0. The second-order valence-electron chi connectivity index (χ2n) is 8.28. The van der Waals surface area contributed by atoms with Gasteiger partial charge >= 0.3 is 8.80 Å². The van der Waals surface area contributed by atoms with Crippen LogP contribution >= 0.6 is 0 Å². The molecule has 0 aromatic rings. The molecule has 146 valence electrons. The van der Waals surface area contributed by atoms with Gasteiger partial charge in [-0.3, -0.25) is 0 Å². The Bertz CT molecular complexity index is 313. The summed E-state index contributed by atoms with van der Waals surface area (Å²) in [6, 6.07) is 6.57. The fourth-order valence-corrected chi connectivity index (χ4v) is 13.3. The predicted molar refractivity (Wildman–Crippen MR) is 112 cm³/mol. The minimum atomic E-state index is -2.39. The number of ether oxygens (including phenoxy) is 1. The van der Waals surface area contributed by atoms with Crippen molar-refractivity contribution in [1.29, 1.82) is 0 Å². The first kappa shape index (κ1) is 24.5. The maximum Gasteiger partial charge on any atom is 0.500 e. The highest BCUT2D eigenvalue weighted by atomic mass is 28.4. The highest BCUT2D eigenvalue weighted by molar-refractivity contribution is 6.82. The van der Waals surface area contributed by atoms with E-state index in [2.05, 4.69) is 33.1 Å². The number of hydrogen-bond donors (Lipinski definition) is 0. The first-order valence-electron chi connectivity index (χ1n) is 9.39. The molecule has 7 heteroatoms. The molecule has 0 amide bonds. The topological polar surface area (TPSA) is 36.9 Å². The first-order valence-corrected chi connectivity index (χ1v) is 18.1. The Morgan fingerprint density at radius 3 is 1.50 bits per heavy atom. The van der Waals surface area contributed by atoms with E-state index in [1.807, 2.05) is 0 Å². The van der Waals surface area contributed by atoms with Crippen molar-refractivity contribution in [1.82, 2.24) is 0 Å². The maximum atomic E-state index is 5.53. The normalized spacial score (nSPS) is 13.5. The third-order valence-electron chi connectivity index (χ3n) is 5.09. The van der Waals surface area contributed by atoms with Gasteiger partial charge in [-0.2, -0.15) is 0 Å². The molecule has 0 saturated carbocycles. The predicted octanol–water partition coefficient (Wildman–Crippen LogP) is 5.10. The molecule has 0 unspecified atom stereocenters. The van der Waals surface area contributed by atoms with Crippen molar-refractivity contribution in [3.8, 4) is 0 Å². The Morgan fingerprint density at radius 1 is 0.625 bits per heavy atom. The van der Waals surface area contributed by atoms with E-state index in [9.17, 15) is 0 Å². The summed E-state index contributed by atoms with van der Waals surface area (Å²) in [6.45, 7) is 14.0. The molecule has 0 aliphatic rings. The fraction of sp³-hybridized carbons (Fsp3) is 1.00. The molecule has 0 spiro atoms. The van der Waals surface area contributed by atoms with Crippen molar-refractivity contribution >= 4 is 25.0 Å². The van der Waals surface area contributed by atoms with Crippen LogP contribution in [0.1, 0.15) is 19.8 Å². The van der Waals surface area contributed by atoms with Gasteiger partial charge in [0.25, 0.3) is 0 Å². The zero-order valence-corrected chi connectivity index (χ0v) is 20.5. The van der Waals surface area contributed by atoms with Crippen LogP contribution in [0.25, 0.3) is 0 Å². The lowest BCUT2D eigenvalue weighted by molar-refractivity contribution is 0.123. The van der Waals surface area contributed by atoms with Crippen LogP contribution in [0, 0.1) is 0 Å². The lowest BCUT2D eigenvalue weighted by Crippen LogP contribution is -2.43. The van der Waals surface area contributed by atoms with E-state index >= 15 is 0 Å². The summed E-state index contributed by atoms with van der Waals surface area (Å²) in [5.41, 5.74) is 0. The van der Waals surface area contributed by atoms with Crippen molar-refractivity contribution < 1.29 is 18.0 Å². The maximum absolute atomic E-state index is 5.53. The number of rotatable bonds is 15. The van der Waals surface area contributed by atoms with Gasteiger partial charge in [0.1, 0.15) is 0 Å². The van der Waals surface area contributed by atoms with Crippen LogP contribution in [-0.2, 0) is 18.0 Å². The molecule has 0 atom stereocenters. The molecule has 4 nitrogen and oxygen atoms in total. The molecular weight excluding hydrogens is 352 g/mol. The highest BCUT2D eigenvalue weighted by Gasteiger charge is 2.38. The van der Waals surface area contributed by atoms with Crippen LogP contribution in [0.3, 0.4) is 0 Å². The Hall–Kier alpha value is 0.491. The van der Waals surface area contributed by atoms with Crippen molar-refractivity contribution in [3.05, 3.63) is 0 Å². The molecule has 0 aliphatic heterocycles. The van der Waals surface area contributed by atoms with Crippen LogP contribution in [0.2, 0.25) is 56.4 Å². The summed E-state index contributed by atoms with van der Waals surface area (Å²) >= 11 is 0. The minimum absolute atomic E-state index is 0.844. The van der Waals surface area contributed by atoms with Crippen molar-refractivity contribution in [2.75, 3.05) is 34.5 Å². The highest BCUT2D eigenvalue weighted by Crippen LogP contribution is 2.29. The van der Waals surface area contributed by atoms with Crippen molar-refractivity contribution in [3.63, 3.8) is 0 Å². The average molecular weight is 395 g/mol. The molecule has 0 fully saturated rings. The zero-order chi connectivity index (χ0) is 18.7. The monoisotopic (exact) mass is 394 g/mol. The first-order chi connectivity index (χ1) is 11.2. The van der Waals surface area contributed by atoms with Gasteiger partial charge in [-0.1, -0.05) is 56.8 Å². The van der Waals surface area contributed by atoms with E-state index in [0.29, 0.717) is 0 Å². The summed E-state index contributed by atoms with van der Waals surface area (Å²) in [6.07, 6.45) is 2.39. The summed E-state index contributed by atoms with van der Waals surface area (Å²) in [7, 11) is 0.517. The quantitative estimate of drug-likeness (QED) is 0.286. The van der Waals surface area contributed by atoms with Gasteiger partial charge in [0.05, 0.1) is 0 Å². The molecule has 0 radical (unpaired) electrons. The third-order valence-corrected chi connectivity index (χ3v) is 15.0. The molecule has 0 aromatic heterocycles. The van der Waals surface area contributed by atoms with Crippen LogP contribution in [0.5, 0.6) is 0 Å². The molecule has 0 saturated heterocycles. The third kappa shape index (κ3) is 10.5. The van der Waals surface area contributed by atoms with Gasteiger partial charge in [0.2, 0.25) is 0 Å². The van der Waals surface area contributed by atoms with Gasteiger partial charge in [-0.25, -0.2) is 0 Å².